The topological polar surface area (TPSA) is 50.4 Å². The highest BCUT2D eigenvalue weighted by molar-refractivity contribution is 7.80. The van der Waals surface area contributed by atoms with Gasteiger partial charge in [-0.1, -0.05) is 17.7 Å². The quantitative estimate of drug-likeness (QED) is 0.752. The minimum Gasteiger partial charge on any atom is -0.484 e. The lowest BCUT2D eigenvalue weighted by Gasteiger charge is -2.59. The summed E-state index contributed by atoms with van der Waals surface area (Å²) >= 11 is 5.41. The first-order valence-corrected chi connectivity index (χ1v) is 10.6. The first kappa shape index (κ1) is 18.7. The average molecular weight is 387 g/mol. The summed E-state index contributed by atoms with van der Waals surface area (Å²) in [7, 11) is 0. The molecular formula is C22H30N2O2S. The lowest BCUT2D eigenvalue weighted by Crippen LogP contribution is -2.57. The standard InChI is InChI=1S/C22H30N2O2S/c1-14-3-5-19(6-4-14)26-13-20(25)24-21(27)23-15(2)22-10-16-7-17(11-22)9-18(8-16)12-22/h3-6,15-18H,7-13H2,1-2H3,(H2,23,24,25,27)/t15-,16?,17?,18?,22?/m1/s1. The van der Waals surface area contributed by atoms with Crippen molar-refractivity contribution in [3.8, 4) is 5.75 Å². The Bertz CT molecular complexity index is 680. The van der Waals surface area contributed by atoms with E-state index in [0.29, 0.717) is 22.3 Å². The van der Waals surface area contributed by atoms with Crippen molar-refractivity contribution < 1.29 is 9.53 Å². The molecule has 1 amide bonds. The van der Waals surface area contributed by atoms with Gasteiger partial charge in [-0.3, -0.25) is 4.79 Å². The molecule has 0 unspecified atom stereocenters. The molecule has 4 nitrogen and oxygen atoms in total. The molecule has 27 heavy (non-hydrogen) atoms. The van der Waals surface area contributed by atoms with Gasteiger partial charge in [-0.05, 0) is 99.9 Å². The first-order chi connectivity index (χ1) is 12.9. The molecule has 0 spiro atoms. The van der Waals surface area contributed by atoms with Gasteiger partial charge in [-0.15, -0.1) is 0 Å². The number of carbonyl (C=O) groups excluding carboxylic acids is 1. The Kier molecular flexibility index (Phi) is 5.15. The Balaban J connectivity index is 1.26. The summed E-state index contributed by atoms with van der Waals surface area (Å²) in [6.07, 6.45) is 8.26. The first-order valence-electron chi connectivity index (χ1n) is 10.2. The summed E-state index contributed by atoms with van der Waals surface area (Å²) in [6.45, 7) is 4.23. The second kappa shape index (κ2) is 7.42. The van der Waals surface area contributed by atoms with Crippen LogP contribution < -0.4 is 15.4 Å². The van der Waals surface area contributed by atoms with Crippen LogP contribution in [-0.4, -0.2) is 23.7 Å². The van der Waals surface area contributed by atoms with Crippen LogP contribution in [0.1, 0.15) is 51.0 Å². The van der Waals surface area contributed by atoms with E-state index in [1.807, 2.05) is 31.2 Å². The summed E-state index contributed by atoms with van der Waals surface area (Å²) in [6, 6.07) is 7.97. The monoisotopic (exact) mass is 386 g/mol. The van der Waals surface area contributed by atoms with Crippen LogP contribution in [0.4, 0.5) is 0 Å². The van der Waals surface area contributed by atoms with Crippen LogP contribution in [0, 0.1) is 30.1 Å². The number of nitrogens with one attached hydrogen (secondary N) is 2. The maximum absolute atomic E-state index is 12.2. The van der Waals surface area contributed by atoms with Gasteiger partial charge in [0.2, 0.25) is 0 Å². The van der Waals surface area contributed by atoms with E-state index in [1.54, 1.807) is 0 Å². The maximum Gasteiger partial charge on any atom is 0.264 e. The zero-order valence-electron chi connectivity index (χ0n) is 16.3. The Labute approximate surface area is 167 Å². The predicted octanol–water partition coefficient (Wildman–Crippen LogP) is 3.97. The SMILES string of the molecule is Cc1ccc(OCC(=O)NC(=S)N[C@H](C)C23CC4CC(CC(C4)C2)C3)cc1. The smallest absolute Gasteiger partial charge is 0.264 e. The maximum atomic E-state index is 12.2. The van der Waals surface area contributed by atoms with E-state index in [4.69, 9.17) is 17.0 Å². The van der Waals surface area contributed by atoms with E-state index >= 15 is 0 Å². The Hall–Kier alpha value is -1.62. The fraction of sp³-hybridized carbons (Fsp3) is 0.636. The number of rotatable bonds is 5. The summed E-state index contributed by atoms with van der Waals surface area (Å²) < 4.78 is 5.53. The summed E-state index contributed by atoms with van der Waals surface area (Å²) in [4.78, 5) is 12.2. The molecule has 1 atom stereocenters. The van der Waals surface area contributed by atoms with Gasteiger partial charge in [0.15, 0.2) is 11.7 Å². The van der Waals surface area contributed by atoms with Crippen molar-refractivity contribution >= 4 is 23.2 Å². The molecule has 1 aromatic rings. The van der Waals surface area contributed by atoms with Crippen molar-refractivity contribution in [2.24, 2.45) is 23.2 Å². The van der Waals surface area contributed by atoms with E-state index in [0.717, 1.165) is 23.3 Å². The number of ether oxygens (including phenoxy) is 1. The third kappa shape index (κ3) is 4.13. The van der Waals surface area contributed by atoms with Crippen LogP contribution >= 0.6 is 12.2 Å². The molecule has 5 heteroatoms. The number of amides is 1. The van der Waals surface area contributed by atoms with Crippen LogP contribution in [0.3, 0.4) is 0 Å². The van der Waals surface area contributed by atoms with E-state index in [1.165, 1.54) is 38.5 Å². The highest BCUT2D eigenvalue weighted by atomic mass is 32.1. The van der Waals surface area contributed by atoms with Crippen LogP contribution in [0.5, 0.6) is 5.75 Å². The predicted molar refractivity (Wildman–Crippen MR) is 111 cm³/mol. The van der Waals surface area contributed by atoms with Crippen LogP contribution in [-0.2, 0) is 4.79 Å². The number of hydrogen-bond donors (Lipinski definition) is 2. The van der Waals surface area contributed by atoms with Gasteiger partial charge in [-0.2, -0.15) is 0 Å². The lowest BCUT2D eigenvalue weighted by atomic mass is 9.48. The van der Waals surface area contributed by atoms with E-state index in [2.05, 4.69) is 17.6 Å². The molecule has 0 aliphatic heterocycles. The molecule has 146 valence electrons. The molecule has 0 radical (unpaired) electrons. The molecule has 1 aromatic carbocycles. The molecule has 4 aliphatic carbocycles. The zero-order valence-corrected chi connectivity index (χ0v) is 17.1. The molecule has 4 bridgehead atoms. The lowest BCUT2D eigenvalue weighted by molar-refractivity contribution is -0.121. The van der Waals surface area contributed by atoms with E-state index in [9.17, 15) is 4.79 Å². The van der Waals surface area contributed by atoms with Gasteiger partial charge in [0, 0.05) is 6.04 Å². The highest BCUT2D eigenvalue weighted by Crippen LogP contribution is 2.61. The Morgan fingerprint density at radius 1 is 1.15 bits per heavy atom. The highest BCUT2D eigenvalue weighted by Gasteiger charge is 2.53. The fourth-order valence-electron chi connectivity index (χ4n) is 6.04. The molecule has 4 saturated carbocycles. The van der Waals surface area contributed by atoms with Gasteiger partial charge in [0.05, 0.1) is 0 Å². The van der Waals surface area contributed by atoms with Crippen molar-refractivity contribution in [1.29, 1.82) is 0 Å². The Morgan fingerprint density at radius 2 is 1.70 bits per heavy atom. The van der Waals surface area contributed by atoms with Gasteiger partial charge in [0.1, 0.15) is 5.75 Å². The zero-order chi connectivity index (χ0) is 19.0. The summed E-state index contributed by atoms with van der Waals surface area (Å²) in [5.41, 5.74) is 1.53. The largest absolute Gasteiger partial charge is 0.484 e. The van der Waals surface area contributed by atoms with E-state index in [-0.39, 0.29) is 12.5 Å². The molecule has 0 aromatic heterocycles. The molecule has 4 fully saturated rings. The minimum atomic E-state index is -0.217. The Morgan fingerprint density at radius 3 is 2.26 bits per heavy atom. The van der Waals surface area contributed by atoms with Crippen LogP contribution in [0.25, 0.3) is 0 Å². The number of carbonyl (C=O) groups is 1. The summed E-state index contributed by atoms with van der Waals surface area (Å²) in [5.74, 6) is 3.20. The van der Waals surface area contributed by atoms with Gasteiger partial charge >= 0.3 is 0 Å². The van der Waals surface area contributed by atoms with Crippen molar-refractivity contribution in [1.82, 2.24) is 10.6 Å². The molecule has 0 heterocycles. The molecule has 0 saturated heterocycles. The van der Waals surface area contributed by atoms with Crippen LogP contribution in [0.2, 0.25) is 0 Å². The van der Waals surface area contributed by atoms with Gasteiger partial charge in [-0.25, -0.2) is 0 Å². The van der Waals surface area contributed by atoms with Crippen molar-refractivity contribution in [3.05, 3.63) is 29.8 Å². The van der Waals surface area contributed by atoms with E-state index < -0.39 is 0 Å². The van der Waals surface area contributed by atoms with Crippen molar-refractivity contribution in [2.75, 3.05) is 6.61 Å². The minimum absolute atomic E-state index is 0.0311. The molecule has 2 N–H and O–H groups in total. The third-order valence-corrected chi connectivity index (χ3v) is 7.22. The van der Waals surface area contributed by atoms with Gasteiger partial charge < -0.3 is 15.4 Å². The summed E-state index contributed by atoms with van der Waals surface area (Å²) in [5, 5.41) is 6.62. The third-order valence-electron chi connectivity index (χ3n) is 7.00. The molecular weight excluding hydrogens is 356 g/mol. The normalized spacial score (nSPS) is 32.0. The van der Waals surface area contributed by atoms with Crippen molar-refractivity contribution in [3.63, 3.8) is 0 Å². The average Bonchev–Trinajstić information content (AvgIpc) is 2.60. The molecule has 5 rings (SSSR count). The van der Waals surface area contributed by atoms with Gasteiger partial charge in [0.25, 0.3) is 5.91 Å². The number of hydrogen-bond acceptors (Lipinski definition) is 3. The second-order valence-corrected chi connectivity index (χ2v) is 9.53. The van der Waals surface area contributed by atoms with Crippen molar-refractivity contribution in [2.45, 2.75) is 58.4 Å². The number of benzene rings is 1. The molecule has 4 aliphatic rings. The number of thiocarbonyl (C=S) groups is 1. The second-order valence-electron chi connectivity index (χ2n) is 9.12. The van der Waals surface area contributed by atoms with Crippen LogP contribution in [0.15, 0.2) is 24.3 Å². The fourth-order valence-corrected chi connectivity index (χ4v) is 6.33. The number of aryl methyl sites for hydroxylation is 1.